The second-order valence-corrected chi connectivity index (χ2v) is 9.10. The zero-order valence-electron chi connectivity index (χ0n) is 22.4. The fourth-order valence-corrected chi connectivity index (χ4v) is 3.03. The van der Waals surface area contributed by atoms with Gasteiger partial charge >= 0.3 is 0 Å². The van der Waals surface area contributed by atoms with Gasteiger partial charge in [0.25, 0.3) is 0 Å². The number of rotatable bonds is 10. The molecule has 1 aromatic rings. The number of allylic oxidation sites excluding steroid dienone is 7. The van der Waals surface area contributed by atoms with Crippen molar-refractivity contribution in [1.82, 2.24) is 5.32 Å². The van der Waals surface area contributed by atoms with Gasteiger partial charge in [0.05, 0.1) is 5.70 Å². The van der Waals surface area contributed by atoms with Crippen molar-refractivity contribution in [3.05, 3.63) is 80.9 Å². The Balaban J connectivity index is 0.000000672. The maximum absolute atomic E-state index is 13.0. The summed E-state index contributed by atoms with van der Waals surface area (Å²) in [6, 6.07) is 5.39. The second-order valence-electron chi connectivity index (χ2n) is 8.25. The second kappa shape index (κ2) is 18.1. The highest BCUT2D eigenvalue weighted by Gasteiger charge is 2.12. The molecule has 0 bridgehead atoms. The molecule has 3 nitrogen and oxygen atoms in total. The smallest absolute Gasteiger partial charge is 0.226 e. The standard InChI is InChI=1S/C15H19Cl2NO.C14H22FN/c1-4-10(3)15(19)18-13(5-2)8-11-6-7-12(16)9-14(11)17;1-6-11(4)14(16-12(5)7-2)10-9-13(15)8-3/h5-7,9-10H,4,8H2,1-3H3,(H,18,19);8-10H,6-7H2,1-5H3/b13-5-;10-9-,13-8+,14-11-,16-12?. The number of halogens is 3. The molecule has 0 heterocycles. The van der Waals surface area contributed by atoms with Crippen LogP contribution in [0.3, 0.4) is 0 Å². The Morgan fingerprint density at radius 2 is 1.74 bits per heavy atom. The predicted molar refractivity (Wildman–Crippen MR) is 152 cm³/mol. The Morgan fingerprint density at radius 1 is 1.09 bits per heavy atom. The number of hydrogen-bond acceptors (Lipinski definition) is 2. The molecule has 1 atom stereocenters. The maximum atomic E-state index is 13.0. The van der Waals surface area contributed by atoms with E-state index in [4.69, 9.17) is 23.2 Å². The van der Waals surface area contributed by atoms with Crippen LogP contribution in [0.1, 0.15) is 80.2 Å². The van der Waals surface area contributed by atoms with Crippen LogP contribution in [-0.2, 0) is 11.2 Å². The molecule has 6 heteroatoms. The summed E-state index contributed by atoms with van der Waals surface area (Å²) in [5.41, 5.74) is 4.92. The molecule has 35 heavy (non-hydrogen) atoms. The molecule has 0 aliphatic rings. The normalized spacial score (nSPS) is 14.3. The highest BCUT2D eigenvalue weighted by Crippen LogP contribution is 2.23. The largest absolute Gasteiger partial charge is 0.330 e. The minimum atomic E-state index is -0.231. The average molecular weight is 524 g/mol. The quantitative estimate of drug-likeness (QED) is 0.241. The summed E-state index contributed by atoms with van der Waals surface area (Å²) >= 11 is 12.0. The van der Waals surface area contributed by atoms with Gasteiger partial charge in [-0.2, -0.15) is 0 Å². The first-order valence-electron chi connectivity index (χ1n) is 12.2. The first-order chi connectivity index (χ1) is 16.5. The topological polar surface area (TPSA) is 41.5 Å². The third-order valence-electron chi connectivity index (χ3n) is 5.55. The molecule has 1 N–H and O–H groups in total. The monoisotopic (exact) mass is 522 g/mol. The van der Waals surface area contributed by atoms with E-state index in [0.29, 0.717) is 16.5 Å². The first-order valence-corrected chi connectivity index (χ1v) is 12.9. The van der Waals surface area contributed by atoms with Gasteiger partial charge < -0.3 is 5.32 Å². The van der Waals surface area contributed by atoms with Crippen LogP contribution >= 0.6 is 23.2 Å². The zero-order chi connectivity index (χ0) is 27.0. The lowest BCUT2D eigenvalue weighted by Crippen LogP contribution is -2.29. The van der Waals surface area contributed by atoms with Crippen molar-refractivity contribution in [3.8, 4) is 0 Å². The number of aliphatic imine (C=N–C) groups is 1. The molecule has 0 aliphatic carbocycles. The van der Waals surface area contributed by atoms with Crippen molar-refractivity contribution < 1.29 is 9.18 Å². The summed E-state index contributed by atoms with van der Waals surface area (Å²) in [5, 5.41) is 4.16. The first kappa shape index (κ1) is 32.8. The summed E-state index contributed by atoms with van der Waals surface area (Å²) in [5.74, 6) is -0.179. The number of hydrogen-bond donors (Lipinski definition) is 1. The summed E-state index contributed by atoms with van der Waals surface area (Å²) in [6.45, 7) is 15.6. The van der Waals surface area contributed by atoms with E-state index in [1.807, 2.05) is 46.8 Å². The number of benzene rings is 1. The SMILES string of the molecule is C/C=C(/Cc1ccc(Cl)cc1Cl)NC(=O)C(C)CC.C\C=C(F)/C=C\C(N=C(C)CC)=C(/C)CC. The average Bonchev–Trinajstić information content (AvgIpc) is 2.86. The molecule has 194 valence electrons. The van der Waals surface area contributed by atoms with Crippen molar-refractivity contribution in [2.75, 3.05) is 0 Å². The number of carbonyl (C=O) groups excluding carboxylic acids is 1. The number of nitrogens with one attached hydrogen (secondary N) is 1. The molecule has 1 unspecified atom stereocenters. The molecule has 0 saturated heterocycles. The minimum absolute atomic E-state index is 0.00985. The molecule has 1 amide bonds. The summed E-state index contributed by atoms with van der Waals surface area (Å²) in [6.07, 6.45) is 9.79. The van der Waals surface area contributed by atoms with E-state index in [1.54, 1.807) is 25.1 Å². The number of amides is 1. The third kappa shape index (κ3) is 13.5. The van der Waals surface area contributed by atoms with E-state index in [-0.39, 0.29) is 17.7 Å². The van der Waals surface area contributed by atoms with Gasteiger partial charge in [0, 0.05) is 33.8 Å². The van der Waals surface area contributed by atoms with Crippen LogP contribution in [0.25, 0.3) is 0 Å². The van der Waals surface area contributed by atoms with Gasteiger partial charge in [-0.3, -0.25) is 9.79 Å². The molecule has 0 aromatic heterocycles. The lowest BCUT2D eigenvalue weighted by Gasteiger charge is -2.14. The lowest BCUT2D eigenvalue weighted by molar-refractivity contribution is -0.123. The van der Waals surface area contributed by atoms with Crippen LogP contribution in [0, 0.1) is 5.92 Å². The van der Waals surface area contributed by atoms with E-state index in [0.717, 1.165) is 41.9 Å². The fraction of sp³-hybridized carbons (Fsp3) is 0.448. The summed E-state index contributed by atoms with van der Waals surface area (Å²) in [4.78, 5) is 16.4. The Kier molecular flexibility index (Phi) is 17.0. The third-order valence-corrected chi connectivity index (χ3v) is 6.14. The Bertz CT molecular complexity index is 975. The number of nitrogens with zero attached hydrogens (tertiary/aromatic N) is 1. The summed E-state index contributed by atoms with van der Waals surface area (Å²) in [7, 11) is 0. The lowest BCUT2D eigenvalue weighted by atomic mass is 10.1. The van der Waals surface area contributed by atoms with Crippen LogP contribution in [0.15, 0.2) is 70.3 Å². The zero-order valence-corrected chi connectivity index (χ0v) is 23.9. The Labute approximate surface area is 221 Å². The molecular formula is C29H41Cl2FN2O. The van der Waals surface area contributed by atoms with E-state index in [1.165, 1.54) is 17.7 Å². The van der Waals surface area contributed by atoms with E-state index in [2.05, 4.69) is 24.2 Å². The van der Waals surface area contributed by atoms with Gasteiger partial charge in [-0.15, -0.1) is 0 Å². The van der Waals surface area contributed by atoms with Gasteiger partial charge in [0.1, 0.15) is 5.83 Å². The van der Waals surface area contributed by atoms with E-state index in [9.17, 15) is 9.18 Å². The van der Waals surface area contributed by atoms with Crippen molar-refractivity contribution >= 4 is 34.8 Å². The highest BCUT2D eigenvalue weighted by molar-refractivity contribution is 6.35. The van der Waals surface area contributed by atoms with Crippen molar-refractivity contribution in [1.29, 1.82) is 0 Å². The molecule has 0 radical (unpaired) electrons. The molecule has 0 fully saturated rings. The van der Waals surface area contributed by atoms with Gasteiger partial charge in [-0.1, -0.05) is 69.1 Å². The summed E-state index contributed by atoms with van der Waals surface area (Å²) < 4.78 is 13.0. The predicted octanol–water partition coefficient (Wildman–Crippen LogP) is 9.57. The fourth-order valence-electron chi connectivity index (χ4n) is 2.55. The van der Waals surface area contributed by atoms with Crippen LogP contribution in [-0.4, -0.2) is 11.6 Å². The number of carbonyl (C=O) groups is 1. The minimum Gasteiger partial charge on any atom is -0.330 e. The molecule has 0 aliphatic heterocycles. The van der Waals surface area contributed by atoms with Crippen LogP contribution in [0.5, 0.6) is 0 Å². The highest BCUT2D eigenvalue weighted by atomic mass is 35.5. The van der Waals surface area contributed by atoms with E-state index < -0.39 is 0 Å². The Hall–Kier alpha value is -2.17. The van der Waals surface area contributed by atoms with Crippen LogP contribution in [0.2, 0.25) is 10.0 Å². The molecule has 0 spiro atoms. The van der Waals surface area contributed by atoms with Gasteiger partial charge in [0.2, 0.25) is 5.91 Å². The van der Waals surface area contributed by atoms with Crippen molar-refractivity contribution in [2.45, 2.75) is 81.1 Å². The van der Waals surface area contributed by atoms with Crippen LogP contribution in [0.4, 0.5) is 4.39 Å². The molecule has 1 rings (SSSR count). The maximum Gasteiger partial charge on any atom is 0.226 e. The van der Waals surface area contributed by atoms with Crippen molar-refractivity contribution in [3.63, 3.8) is 0 Å². The van der Waals surface area contributed by atoms with E-state index >= 15 is 0 Å². The van der Waals surface area contributed by atoms with Crippen LogP contribution < -0.4 is 5.32 Å². The Morgan fingerprint density at radius 3 is 2.23 bits per heavy atom. The molecular weight excluding hydrogens is 482 g/mol. The van der Waals surface area contributed by atoms with Gasteiger partial charge in [-0.05, 0) is 82.4 Å². The van der Waals surface area contributed by atoms with Gasteiger partial charge in [-0.25, -0.2) is 4.39 Å². The van der Waals surface area contributed by atoms with Gasteiger partial charge in [0.15, 0.2) is 0 Å². The molecule has 0 saturated carbocycles. The van der Waals surface area contributed by atoms with Crippen molar-refractivity contribution in [2.24, 2.45) is 10.9 Å². The molecule has 1 aromatic carbocycles.